The fraction of sp³-hybridized carbons (Fsp3) is 0.583. The minimum atomic E-state index is -3.05. The average molecular weight is 323 g/mol. The molecule has 0 amide bonds. The van der Waals surface area contributed by atoms with Crippen molar-refractivity contribution in [2.24, 2.45) is 7.05 Å². The van der Waals surface area contributed by atoms with Gasteiger partial charge in [0.2, 0.25) is 0 Å². The molecule has 0 saturated carbocycles. The first-order chi connectivity index (χ1) is 9.76. The van der Waals surface area contributed by atoms with E-state index in [4.69, 9.17) is 0 Å². The van der Waals surface area contributed by atoms with E-state index in [1.165, 1.54) is 16.5 Å². The van der Waals surface area contributed by atoms with E-state index >= 15 is 0 Å². The van der Waals surface area contributed by atoms with Crippen LogP contribution < -0.4 is 4.72 Å². The largest absolute Gasteiger partial charge is 0.345 e. The summed E-state index contributed by atoms with van der Waals surface area (Å²) in [5.74, 6) is -4.00. The molecule has 0 aliphatic carbocycles. The van der Waals surface area contributed by atoms with Gasteiger partial charge in [0.05, 0.1) is 12.6 Å². The number of carbonyl (C=O) groups excluding carboxylic acids is 1. The van der Waals surface area contributed by atoms with Crippen LogP contribution in [0.4, 0.5) is 13.2 Å². The van der Waals surface area contributed by atoms with Gasteiger partial charge in [0.1, 0.15) is 21.6 Å². The number of likely N-dealkylation sites (tertiary alicyclic amines) is 1. The highest BCUT2D eigenvalue weighted by Gasteiger charge is 2.44. The van der Waals surface area contributed by atoms with Crippen LogP contribution in [-0.4, -0.2) is 52.1 Å². The molecule has 1 aromatic heterocycles. The number of aryl methyl sites for hydroxylation is 1. The van der Waals surface area contributed by atoms with Crippen molar-refractivity contribution in [2.45, 2.75) is 23.3 Å². The number of alkyl halides is 2. The molecule has 9 heteroatoms. The van der Waals surface area contributed by atoms with Crippen molar-refractivity contribution in [3.05, 3.63) is 17.7 Å². The summed E-state index contributed by atoms with van der Waals surface area (Å²) in [6, 6.07) is -1.30. The van der Waals surface area contributed by atoms with Crippen LogP contribution in [0.15, 0.2) is 11.1 Å². The molecule has 0 aromatic carbocycles. The van der Waals surface area contributed by atoms with Gasteiger partial charge in [-0.3, -0.25) is 4.79 Å². The zero-order valence-electron chi connectivity index (χ0n) is 11.6. The Kier molecular flexibility index (Phi) is 4.54. The maximum Gasteiger partial charge on any atom is 0.276 e. The van der Waals surface area contributed by atoms with Crippen LogP contribution in [-0.2, 0) is 18.0 Å². The highest BCUT2D eigenvalue weighted by molar-refractivity contribution is 7.83. The number of aromatic nitrogens is 1. The second-order valence-electron chi connectivity index (χ2n) is 5.15. The summed E-state index contributed by atoms with van der Waals surface area (Å²) in [5, 5.41) is 0. The van der Waals surface area contributed by atoms with Crippen molar-refractivity contribution in [1.82, 2.24) is 14.2 Å². The smallest absolute Gasteiger partial charge is 0.276 e. The molecule has 0 spiro atoms. The van der Waals surface area contributed by atoms with E-state index in [2.05, 4.69) is 4.72 Å². The van der Waals surface area contributed by atoms with Crippen LogP contribution in [0, 0.1) is 5.82 Å². The number of rotatable bonds is 4. The molecule has 21 heavy (non-hydrogen) atoms. The molecule has 2 unspecified atom stereocenters. The van der Waals surface area contributed by atoms with Crippen LogP contribution in [0.3, 0.4) is 0 Å². The van der Waals surface area contributed by atoms with Crippen LogP contribution in [0.2, 0.25) is 0 Å². The molecule has 1 fully saturated rings. The van der Waals surface area contributed by atoms with E-state index in [-0.39, 0.29) is 17.0 Å². The summed E-state index contributed by atoms with van der Waals surface area (Å²) < 4.78 is 57.1. The van der Waals surface area contributed by atoms with Crippen LogP contribution in [0.1, 0.15) is 16.9 Å². The molecule has 1 saturated heterocycles. The van der Waals surface area contributed by atoms with Gasteiger partial charge in [-0.2, -0.15) is 0 Å². The molecular weight excluding hydrogens is 307 g/mol. The number of hydrogen-bond acceptors (Lipinski definition) is 3. The normalized spacial score (nSPS) is 24.0. The van der Waals surface area contributed by atoms with Gasteiger partial charge in [-0.1, -0.05) is 0 Å². The highest BCUT2D eigenvalue weighted by atomic mass is 32.2. The van der Waals surface area contributed by atoms with Gasteiger partial charge in [-0.05, 0) is 20.0 Å². The second kappa shape index (κ2) is 5.90. The lowest BCUT2D eigenvalue weighted by molar-refractivity contribution is -0.0778. The Labute approximate surface area is 122 Å². The molecule has 1 N–H and O–H groups in total. The lowest BCUT2D eigenvalue weighted by Crippen LogP contribution is -2.56. The van der Waals surface area contributed by atoms with Gasteiger partial charge in [0, 0.05) is 13.2 Å². The molecule has 118 valence electrons. The lowest BCUT2D eigenvalue weighted by Gasteiger charge is -2.36. The topological polar surface area (TPSA) is 54.3 Å². The summed E-state index contributed by atoms with van der Waals surface area (Å²) in [6.07, 6.45) is 1.56. The van der Waals surface area contributed by atoms with Gasteiger partial charge in [0.15, 0.2) is 12.1 Å². The number of hydrogen-bond donors (Lipinski definition) is 1. The molecule has 1 aliphatic heterocycles. The molecule has 0 bridgehead atoms. The molecule has 1 aromatic rings. The zero-order chi connectivity index (χ0) is 15.8. The second-order valence-corrected chi connectivity index (χ2v) is 6.36. The molecule has 2 rings (SSSR count). The number of halogens is 3. The Bertz CT molecular complexity index is 576. The van der Waals surface area contributed by atoms with Gasteiger partial charge in [0.25, 0.3) is 5.92 Å². The van der Waals surface area contributed by atoms with Crippen LogP contribution in [0.25, 0.3) is 0 Å². The average Bonchev–Trinajstić information content (AvgIpc) is 2.67. The Morgan fingerprint density at radius 2 is 2.14 bits per heavy atom. The van der Waals surface area contributed by atoms with Gasteiger partial charge in [-0.25, -0.2) is 22.1 Å². The Balaban J connectivity index is 2.17. The van der Waals surface area contributed by atoms with Gasteiger partial charge in [-0.15, -0.1) is 0 Å². The number of piperidine rings is 1. The first kappa shape index (κ1) is 16.2. The maximum atomic E-state index is 13.9. The van der Waals surface area contributed by atoms with Crippen molar-refractivity contribution in [3.63, 3.8) is 0 Å². The summed E-state index contributed by atoms with van der Waals surface area (Å²) in [4.78, 5) is 11.9. The number of nitrogens with one attached hydrogen (secondary N) is 1. The van der Waals surface area contributed by atoms with Crippen molar-refractivity contribution in [3.8, 4) is 0 Å². The fourth-order valence-corrected chi connectivity index (χ4v) is 3.49. The third-order valence-electron chi connectivity index (χ3n) is 3.48. The first-order valence-corrected chi connectivity index (χ1v) is 7.45. The Hall–Kier alpha value is -1.19. The summed E-state index contributed by atoms with van der Waals surface area (Å²) in [5.41, 5.74) is -0.268. The van der Waals surface area contributed by atoms with E-state index in [1.54, 1.807) is 7.05 Å². The fourth-order valence-electron chi connectivity index (χ4n) is 2.29. The Morgan fingerprint density at radius 1 is 1.48 bits per heavy atom. The number of aldehydes is 1. The number of carbonyl (C=O) groups is 1. The number of nitrogens with zero attached hydrogens (tertiary/aromatic N) is 2. The van der Waals surface area contributed by atoms with Crippen molar-refractivity contribution >= 4 is 17.3 Å². The zero-order valence-corrected chi connectivity index (χ0v) is 12.4. The summed E-state index contributed by atoms with van der Waals surface area (Å²) >= 11 is 0. The molecule has 0 radical (unpaired) electrons. The van der Waals surface area contributed by atoms with Crippen molar-refractivity contribution < 1.29 is 22.2 Å². The van der Waals surface area contributed by atoms with E-state index < -0.39 is 35.3 Å². The van der Waals surface area contributed by atoms with Crippen molar-refractivity contribution in [2.75, 3.05) is 20.1 Å². The molecule has 1 aliphatic rings. The molecule has 5 nitrogen and oxygen atoms in total. The third kappa shape index (κ3) is 3.19. The highest BCUT2D eigenvalue weighted by Crippen LogP contribution is 2.28. The van der Waals surface area contributed by atoms with E-state index in [0.29, 0.717) is 12.8 Å². The molecular formula is C12H16F3N3O2S. The SMILES string of the molecule is CN1CCC(NS(=O)c2cn(C)c(C=O)c2F)C(F)(F)C1. The third-order valence-corrected chi connectivity index (χ3v) is 4.67. The minimum Gasteiger partial charge on any atom is -0.345 e. The van der Waals surface area contributed by atoms with E-state index in [9.17, 15) is 22.2 Å². The van der Waals surface area contributed by atoms with Crippen molar-refractivity contribution in [1.29, 1.82) is 0 Å². The standard InChI is InChI=1S/C12H16F3N3O2S/c1-17-4-3-10(12(14,15)7-17)16-21(20)9-5-18(2)8(6-19)11(9)13/h5-6,10,16H,3-4,7H2,1-2H3. The summed E-state index contributed by atoms with van der Waals surface area (Å²) in [6.45, 7) is -0.0138. The predicted molar refractivity (Wildman–Crippen MR) is 71.2 cm³/mol. The first-order valence-electron chi connectivity index (χ1n) is 6.30. The van der Waals surface area contributed by atoms with Crippen LogP contribution in [0.5, 0.6) is 0 Å². The predicted octanol–water partition coefficient (Wildman–Crippen LogP) is 0.928. The minimum absolute atomic E-state index is 0.101. The van der Waals surface area contributed by atoms with Crippen LogP contribution >= 0.6 is 0 Å². The van der Waals surface area contributed by atoms with E-state index in [1.807, 2.05) is 0 Å². The van der Waals surface area contributed by atoms with Gasteiger partial charge < -0.3 is 9.47 Å². The van der Waals surface area contributed by atoms with E-state index in [0.717, 1.165) is 6.20 Å². The molecule has 2 heterocycles. The quantitative estimate of drug-likeness (QED) is 0.839. The molecule has 2 atom stereocenters. The summed E-state index contributed by atoms with van der Waals surface area (Å²) in [7, 11) is 0.847. The Morgan fingerprint density at radius 3 is 2.67 bits per heavy atom. The maximum absolute atomic E-state index is 13.9. The monoisotopic (exact) mass is 323 g/mol. The lowest BCUT2D eigenvalue weighted by atomic mass is 10.0. The van der Waals surface area contributed by atoms with Gasteiger partial charge >= 0.3 is 0 Å².